The SMILES string of the molecule is C=CC1=C([C@@H](C)[C@H]2[C@@H](OC(C)=O)C[C@H]3[C@@H]4CC=C5C[C@@H](OC(C)=O)CC[C@]5(C)[C@H]4CC[C@]23C)OC[C@@H](C)C1. The molecule has 5 rings (SSSR count). The second-order valence-corrected chi connectivity index (χ2v) is 13.7. The highest BCUT2D eigenvalue weighted by Crippen LogP contribution is 2.68. The number of fused-ring (bicyclic) bond motifs is 5. The molecule has 5 nitrogen and oxygen atoms in total. The summed E-state index contributed by atoms with van der Waals surface area (Å²) < 4.78 is 18.2. The highest BCUT2D eigenvalue weighted by atomic mass is 16.5. The molecule has 38 heavy (non-hydrogen) atoms. The zero-order valence-corrected chi connectivity index (χ0v) is 24.4. The Balaban J connectivity index is 1.46. The fourth-order valence-corrected chi connectivity index (χ4v) is 9.85. The molecule has 0 radical (unpaired) electrons. The van der Waals surface area contributed by atoms with Gasteiger partial charge in [-0.25, -0.2) is 0 Å². The van der Waals surface area contributed by atoms with Crippen LogP contribution in [0.4, 0.5) is 0 Å². The van der Waals surface area contributed by atoms with Crippen LogP contribution in [-0.4, -0.2) is 30.8 Å². The normalized spacial score (nSPS) is 43.0. The maximum Gasteiger partial charge on any atom is 0.302 e. The highest BCUT2D eigenvalue weighted by Gasteiger charge is 2.63. The van der Waals surface area contributed by atoms with Gasteiger partial charge < -0.3 is 14.2 Å². The number of allylic oxidation sites excluding steroid dienone is 4. The molecule has 0 aromatic heterocycles. The molecule has 5 heteroatoms. The van der Waals surface area contributed by atoms with Crippen LogP contribution in [0.2, 0.25) is 0 Å². The first-order chi connectivity index (χ1) is 18.0. The lowest BCUT2D eigenvalue weighted by atomic mass is 9.47. The molecular formula is C33H48O5. The molecule has 210 valence electrons. The first kappa shape index (κ1) is 27.5. The van der Waals surface area contributed by atoms with Gasteiger partial charge in [-0.15, -0.1) is 0 Å². The largest absolute Gasteiger partial charge is 0.497 e. The molecule has 0 saturated heterocycles. The molecule has 0 unspecified atom stereocenters. The summed E-state index contributed by atoms with van der Waals surface area (Å²) in [4.78, 5) is 23.9. The number of hydrogen-bond acceptors (Lipinski definition) is 5. The number of ether oxygens (including phenoxy) is 3. The first-order valence-corrected chi connectivity index (χ1v) is 15.0. The van der Waals surface area contributed by atoms with E-state index in [1.807, 2.05) is 6.08 Å². The molecule has 5 aliphatic rings. The van der Waals surface area contributed by atoms with E-state index in [-0.39, 0.29) is 46.8 Å². The number of rotatable bonds is 5. The Labute approximate surface area is 229 Å². The lowest BCUT2D eigenvalue weighted by molar-refractivity contribution is -0.151. The quantitative estimate of drug-likeness (QED) is 0.282. The Morgan fingerprint density at radius 2 is 1.84 bits per heavy atom. The van der Waals surface area contributed by atoms with Crippen molar-refractivity contribution in [1.29, 1.82) is 0 Å². The van der Waals surface area contributed by atoms with Crippen LogP contribution in [-0.2, 0) is 23.8 Å². The van der Waals surface area contributed by atoms with Crippen molar-refractivity contribution >= 4 is 11.9 Å². The van der Waals surface area contributed by atoms with Crippen LogP contribution >= 0.6 is 0 Å². The van der Waals surface area contributed by atoms with Crippen LogP contribution < -0.4 is 0 Å². The zero-order valence-electron chi connectivity index (χ0n) is 24.4. The van der Waals surface area contributed by atoms with Crippen molar-refractivity contribution in [3.63, 3.8) is 0 Å². The molecule has 1 heterocycles. The van der Waals surface area contributed by atoms with Gasteiger partial charge in [-0.3, -0.25) is 9.59 Å². The van der Waals surface area contributed by atoms with Crippen LogP contribution in [0, 0.1) is 46.3 Å². The maximum absolute atomic E-state index is 12.3. The summed E-state index contributed by atoms with van der Waals surface area (Å²) in [5.41, 5.74) is 2.98. The van der Waals surface area contributed by atoms with E-state index in [1.54, 1.807) is 6.92 Å². The minimum atomic E-state index is -0.177. The smallest absolute Gasteiger partial charge is 0.302 e. The Morgan fingerprint density at radius 3 is 2.53 bits per heavy atom. The Bertz CT molecular complexity index is 1040. The van der Waals surface area contributed by atoms with E-state index in [1.165, 1.54) is 24.5 Å². The summed E-state index contributed by atoms with van der Waals surface area (Å²) in [6.07, 6.45) is 12.7. The van der Waals surface area contributed by atoms with Crippen molar-refractivity contribution < 1.29 is 23.8 Å². The van der Waals surface area contributed by atoms with E-state index in [2.05, 4.69) is 40.3 Å². The Morgan fingerprint density at radius 1 is 1.11 bits per heavy atom. The van der Waals surface area contributed by atoms with E-state index in [4.69, 9.17) is 14.2 Å². The number of esters is 2. The van der Waals surface area contributed by atoms with Gasteiger partial charge in [0.05, 0.1) is 6.61 Å². The fraction of sp³-hybridized carbons (Fsp3) is 0.758. The van der Waals surface area contributed by atoms with Crippen molar-refractivity contribution in [3.8, 4) is 0 Å². The number of hydrogen-bond donors (Lipinski definition) is 0. The van der Waals surface area contributed by atoms with Crippen molar-refractivity contribution in [3.05, 3.63) is 35.6 Å². The van der Waals surface area contributed by atoms with Gasteiger partial charge in [-0.05, 0) is 85.0 Å². The summed E-state index contributed by atoms with van der Waals surface area (Å²) >= 11 is 0. The van der Waals surface area contributed by atoms with Gasteiger partial charge >= 0.3 is 11.9 Å². The second kappa shape index (κ2) is 10.2. The van der Waals surface area contributed by atoms with E-state index >= 15 is 0 Å². The molecule has 0 amide bonds. The summed E-state index contributed by atoms with van der Waals surface area (Å²) in [5.74, 6) is 3.34. The van der Waals surface area contributed by atoms with Crippen LogP contribution in [0.1, 0.15) is 92.9 Å². The third kappa shape index (κ3) is 4.56. The van der Waals surface area contributed by atoms with E-state index in [0.29, 0.717) is 23.7 Å². The predicted molar refractivity (Wildman–Crippen MR) is 148 cm³/mol. The van der Waals surface area contributed by atoms with Crippen LogP contribution in [0.5, 0.6) is 0 Å². The van der Waals surface area contributed by atoms with E-state index in [0.717, 1.165) is 57.3 Å². The minimum absolute atomic E-state index is 0.0211. The van der Waals surface area contributed by atoms with Crippen LogP contribution in [0.25, 0.3) is 0 Å². The molecule has 0 bridgehead atoms. The average Bonchev–Trinajstić information content (AvgIpc) is 3.14. The topological polar surface area (TPSA) is 61.8 Å². The third-order valence-corrected chi connectivity index (χ3v) is 11.4. The lowest BCUT2D eigenvalue weighted by Gasteiger charge is -2.58. The fourth-order valence-electron chi connectivity index (χ4n) is 9.85. The van der Waals surface area contributed by atoms with Gasteiger partial charge in [-0.1, -0.05) is 52.0 Å². The molecule has 0 aromatic rings. The summed E-state index contributed by atoms with van der Waals surface area (Å²) in [7, 11) is 0. The lowest BCUT2D eigenvalue weighted by Crippen LogP contribution is -2.51. The Hall–Kier alpha value is -2.04. The maximum atomic E-state index is 12.3. The monoisotopic (exact) mass is 524 g/mol. The standard InChI is InChI=1S/C33H48O5/c1-8-23-15-19(2)18-36-31(23)20(3)30-29(38-22(5)35)17-28-26-10-9-24-16-25(37-21(4)34)11-13-32(24,6)27(26)12-14-33(28,30)7/h8-9,19-20,25-30H,1,10-18H2,2-7H3/t19-,20-,25-,26+,27-,28-,29-,30-,32-,33-/m0/s1. The minimum Gasteiger partial charge on any atom is -0.497 e. The van der Waals surface area contributed by atoms with Crippen molar-refractivity contribution in [2.45, 2.75) is 105 Å². The second-order valence-electron chi connectivity index (χ2n) is 13.7. The zero-order chi connectivity index (χ0) is 27.4. The number of carbonyl (C=O) groups excluding carboxylic acids is 2. The van der Waals surface area contributed by atoms with E-state index in [9.17, 15) is 9.59 Å². The molecule has 3 fully saturated rings. The van der Waals surface area contributed by atoms with Gasteiger partial charge in [0.15, 0.2) is 0 Å². The van der Waals surface area contributed by atoms with Gasteiger partial charge in [0.2, 0.25) is 0 Å². The first-order valence-electron chi connectivity index (χ1n) is 15.0. The molecule has 1 aliphatic heterocycles. The van der Waals surface area contributed by atoms with Gasteiger partial charge in [0.1, 0.15) is 18.0 Å². The summed E-state index contributed by atoms with van der Waals surface area (Å²) in [6, 6.07) is 0. The molecule has 0 spiro atoms. The van der Waals surface area contributed by atoms with E-state index < -0.39 is 0 Å². The summed E-state index contributed by atoms with van der Waals surface area (Å²) in [5, 5.41) is 0. The molecule has 10 atom stereocenters. The van der Waals surface area contributed by atoms with Gasteiger partial charge in [-0.2, -0.15) is 0 Å². The van der Waals surface area contributed by atoms with Crippen molar-refractivity contribution in [2.75, 3.05) is 6.61 Å². The van der Waals surface area contributed by atoms with Crippen molar-refractivity contribution in [1.82, 2.24) is 0 Å². The van der Waals surface area contributed by atoms with Crippen LogP contribution in [0.15, 0.2) is 35.6 Å². The highest BCUT2D eigenvalue weighted by molar-refractivity contribution is 5.66. The molecule has 0 N–H and O–H groups in total. The summed E-state index contributed by atoms with van der Waals surface area (Å²) in [6.45, 7) is 17.4. The molecule has 3 saturated carbocycles. The average molecular weight is 525 g/mol. The Kier molecular flexibility index (Phi) is 7.37. The number of carbonyl (C=O) groups is 2. The van der Waals surface area contributed by atoms with Crippen molar-refractivity contribution in [2.24, 2.45) is 46.3 Å². The predicted octanol–water partition coefficient (Wildman–Crippen LogP) is 7.17. The van der Waals surface area contributed by atoms with Crippen LogP contribution in [0.3, 0.4) is 0 Å². The third-order valence-electron chi connectivity index (χ3n) is 11.4. The molecule has 0 aromatic carbocycles. The molecule has 4 aliphatic carbocycles. The van der Waals surface area contributed by atoms with Gasteiger partial charge in [0, 0.05) is 32.1 Å². The van der Waals surface area contributed by atoms with Gasteiger partial charge in [0.25, 0.3) is 0 Å². The molecular weight excluding hydrogens is 476 g/mol.